The van der Waals surface area contributed by atoms with Crippen LogP contribution in [0.25, 0.3) is 10.9 Å². The van der Waals surface area contributed by atoms with E-state index in [0.29, 0.717) is 12.1 Å². The molecule has 1 aromatic carbocycles. The maximum atomic E-state index is 12.4. The molecular weight excluding hydrogens is 273 g/mol. The molecule has 16 heavy (non-hydrogen) atoms. The van der Waals surface area contributed by atoms with Crippen molar-refractivity contribution in [2.45, 2.75) is 4.90 Å². The van der Waals surface area contributed by atoms with Gasteiger partial charge < -0.3 is 4.98 Å². The average molecular weight is 278 g/mol. The zero-order valence-corrected chi connectivity index (χ0v) is 9.06. The Morgan fingerprint density at radius 2 is 1.62 bits per heavy atom. The summed E-state index contributed by atoms with van der Waals surface area (Å²) in [6.07, 6.45) is 0. The third-order valence-electron chi connectivity index (χ3n) is 2.00. The number of benzene rings is 1. The molecule has 1 nitrogen and oxygen atoms in total. The van der Waals surface area contributed by atoms with Crippen molar-refractivity contribution in [2.75, 3.05) is 0 Å². The van der Waals surface area contributed by atoms with E-state index in [-0.39, 0.29) is 16.1 Å². The van der Waals surface area contributed by atoms with Crippen molar-refractivity contribution in [1.82, 2.24) is 4.98 Å². The third-order valence-corrected chi connectivity index (χ3v) is 3.35. The van der Waals surface area contributed by atoms with Crippen molar-refractivity contribution in [2.24, 2.45) is 0 Å². The first-order chi connectivity index (χ1) is 6.95. The number of hydrogen-bond donors (Lipinski definition) is 1. The van der Waals surface area contributed by atoms with Gasteiger partial charge in [0.15, 0.2) is 0 Å². The van der Waals surface area contributed by atoms with Gasteiger partial charge in [0.2, 0.25) is 0 Å². The molecule has 0 saturated carbocycles. The van der Waals surface area contributed by atoms with Crippen molar-refractivity contribution in [3.05, 3.63) is 29.4 Å². The van der Waals surface area contributed by atoms with E-state index in [2.05, 4.69) is 4.98 Å². The van der Waals surface area contributed by atoms with Crippen LogP contribution in [0.15, 0.2) is 29.2 Å². The molecule has 0 fully saturated rings. The summed E-state index contributed by atoms with van der Waals surface area (Å²) in [5, 5.41) is 0.0880. The molecular formula is C8H5ClF5NS. The number of fused-ring (bicyclic) bond motifs is 1. The Kier molecular flexibility index (Phi) is 1.79. The Bertz CT molecular complexity index is 573. The molecule has 0 aliphatic heterocycles. The Morgan fingerprint density at radius 1 is 1.00 bits per heavy atom. The number of H-pyrrole nitrogens is 1. The van der Waals surface area contributed by atoms with Crippen LogP contribution < -0.4 is 0 Å². The minimum atomic E-state index is -9.60. The van der Waals surface area contributed by atoms with E-state index in [4.69, 9.17) is 11.6 Å². The zero-order chi connectivity index (χ0) is 12.3. The van der Waals surface area contributed by atoms with Crippen LogP contribution in [0.2, 0.25) is 5.15 Å². The van der Waals surface area contributed by atoms with Gasteiger partial charge in [0.25, 0.3) is 0 Å². The molecule has 0 bridgehead atoms. The lowest BCUT2D eigenvalue weighted by Crippen LogP contribution is -2.05. The molecule has 90 valence electrons. The van der Waals surface area contributed by atoms with Gasteiger partial charge >= 0.3 is 10.2 Å². The fourth-order valence-electron chi connectivity index (χ4n) is 1.32. The molecule has 0 atom stereocenters. The third kappa shape index (κ3) is 2.10. The van der Waals surface area contributed by atoms with Gasteiger partial charge in [-0.25, -0.2) is 0 Å². The lowest BCUT2D eigenvalue weighted by Gasteiger charge is -2.40. The number of halogens is 6. The van der Waals surface area contributed by atoms with E-state index in [1.165, 1.54) is 0 Å². The van der Waals surface area contributed by atoms with Crippen molar-refractivity contribution >= 4 is 32.7 Å². The van der Waals surface area contributed by atoms with E-state index in [9.17, 15) is 19.4 Å². The van der Waals surface area contributed by atoms with Crippen molar-refractivity contribution < 1.29 is 19.4 Å². The molecule has 2 rings (SSSR count). The van der Waals surface area contributed by atoms with Crippen LogP contribution in [-0.4, -0.2) is 4.98 Å². The normalized spacial score (nSPS) is 17.1. The number of aromatic nitrogens is 1. The van der Waals surface area contributed by atoms with Crippen LogP contribution in [-0.2, 0) is 0 Å². The number of rotatable bonds is 1. The lowest BCUT2D eigenvalue weighted by molar-refractivity contribution is 0.364. The van der Waals surface area contributed by atoms with E-state index >= 15 is 0 Å². The minimum Gasteiger partial charge on any atom is -0.346 e. The fraction of sp³-hybridized carbons (Fsp3) is 0. The second kappa shape index (κ2) is 2.48. The predicted molar refractivity (Wildman–Crippen MR) is 54.7 cm³/mol. The highest BCUT2D eigenvalue weighted by molar-refractivity contribution is 8.45. The second-order valence-corrected chi connectivity index (χ2v) is 6.15. The summed E-state index contributed by atoms with van der Waals surface area (Å²) in [7, 11) is -9.60. The quantitative estimate of drug-likeness (QED) is 0.664. The number of hydrogen-bond acceptors (Lipinski definition) is 0. The molecule has 0 aliphatic rings. The molecule has 0 saturated heterocycles. The molecule has 1 heterocycles. The highest BCUT2D eigenvalue weighted by Crippen LogP contribution is 3.02. The number of nitrogens with one attached hydrogen (secondary N) is 1. The van der Waals surface area contributed by atoms with Crippen LogP contribution in [0.5, 0.6) is 0 Å². The average Bonchev–Trinajstić information content (AvgIpc) is 2.38. The summed E-state index contributed by atoms with van der Waals surface area (Å²) in [6, 6.07) is 2.81. The summed E-state index contributed by atoms with van der Waals surface area (Å²) >= 11 is 5.50. The van der Waals surface area contributed by atoms with Crippen molar-refractivity contribution in [3.63, 3.8) is 0 Å². The number of aromatic amines is 1. The standard InChI is InChI=1S/C8H5ClF5NS/c9-8-4-5-3-6(1-2-7(5)15-8)16(10,11,12,13)14/h1-4,15H. The first-order valence-electron chi connectivity index (χ1n) is 3.98. The van der Waals surface area contributed by atoms with Crippen LogP contribution in [0.1, 0.15) is 0 Å². The van der Waals surface area contributed by atoms with Crippen molar-refractivity contribution in [3.8, 4) is 0 Å². The van der Waals surface area contributed by atoms with Gasteiger partial charge in [-0.2, -0.15) is 0 Å². The topological polar surface area (TPSA) is 15.8 Å². The van der Waals surface area contributed by atoms with Crippen LogP contribution in [0, 0.1) is 0 Å². The van der Waals surface area contributed by atoms with Gasteiger partial charge in [-0.05, 0) is 24.3 Å². The molecule has 1 N–H and O–H groups in total. The summed E-state index contributed by atoms with van der Waals surface area (Å²) < 4.78 is 62.2. The maximum Gasteiger partial charge on any atom is 0.310 e. The van der Waals surface area contributed by atoms with E-state index in [1.54, 1.807) is 0 Å². The predicted octanol–water partition coefficient (Wildman–Crippen LogP) is 5.48. The van der Waals surface area contributed by atoms with Crippen LogP contribution in [0.4, 0.5) is 19.4 Å². The smallest absolute Gasteiger partial charge is 0.310 e. The van der Waals surface area contributed by atoms with Gasteiger partial charge in [-0.15, -0.1) is 0 Å². The summed E-state index contributed by atoms with van der Waals surface area (Å²) in [6.45, 7) is 0. The van der Waals surface area contributed by atoms with E-state index < -0.39 is 15.1 Å². The lowest BCUT2D eigenvalue weighted by atomic mass is 10.2. The Morgan fingerprint density at radius 3 is 2.19 bits per heavy atom. The molecule has 2 aromatic rings. The van der Waals surface area contributed by atoms with Crippen molar-refractivity contribution in [1.29, 1.82) is 0 Å². The highest BCUT2D eigenvalue weighted by Gasteiger charge is 2.65. The van der Waals surface area contributed by atoms with Gasteiger partial charge in [0.05, 0.1) is 0 Å². The summed E-state index contributed by atoms with van der Waals surface area (Å²) in [5.74, 6) is 0. The fourth-order valence-corrected chi connectivity index (χ4v) is 2.21. The SMILES string of the molecule is FS(F)(F)(F)(F)c1ccc2[nH]c(Cl)cc2c1. The Hall–Kier alpha value is -0.950. The minimum absolute atomic E-state index is 0.00394. The van der Waals surface area contributed by atoms with Gasteiger partial charge in [0.1, 0.15) is 10.0 Å². The first kappa shape index (κ1) is 11.5. The monoisotopic (exact) mass is 277 g/mol. The maximum absolute atomic E-state index is 12.4. The van der Waals surface area contributed by atoms with Crippen LogP contribution in [0.3, 0.4) is 0 Å². The Labute approximate surface area is 91.9 Å². The molecule has 0 unspecified atom stereocenters. The first-order valence-corrected chi connectivity index (χ1v) is 6.31. The second-order valence-electron chi connectivity index (χ2n) is 3.34. The van der Waals surface area contributed by atoms with Crippen LogP contribution >= 0.6 is 21.8 Å². The molecule has 0 spiro atoms. The van der Waals surface area contributed by atoms with Gasteiger partial charge in [0, 0.05) is 10.9 Å². The van der Waals surface area contributed by atoms with E-state index in [0.717, 1.165) is 12.1 Å². The van der Waals surface area contributed by atoms with Gasteiger partial charge in [-0.3, -0.25) is 0 Å². The van der Waals surface area contributed by atoms with E-state index in [1.807, 2.05) is 0 Å². The Balaban J connectivity index is 2.74. The highest BCUT2D eigenvalue weighted by atomic mass is 35.5. The largest absolute Gasteiger partial charge is 0.346 e. The molecule has 0 radical (unpaired) electrons. The molecule has 0 amide bonds. The zero-order valence-electron chi connectivity index (χ0n) is 7.49. The molecule has 0 aliphatic carbocycles. The summed E-state index contributed by atoms with van der Waals surface area (Å²) in [4.78, 5) is 0.615. The molecule has 1 aromatic heterocycles. The summed E-state index contributed by atoms with van der Waals surface area (Å²) in [5.41, 5.74) is 0.274. The molecule has 8 heteroatoms. The van der Waals surface area contributed by atoms with Gasteiger partial charge in [-0.1, -0.05) is 31.0 Å².